The van der Waals surface area contributed by atoms with Gasteiger partial charge in [-0.1, -0.05) is 18.2 Å². The van der Waals surface area contributed by atoms with Gasteiger partial charge in [0.25, 0.3) is 0 Å². The molecule has 16 heavy (non-hydrogen) atoms. The van der Waals surface area contributed by atoms with Crippen LogP contribution in [0.1, 0.15) is 19.8 Å². The smallest absolute Gasteiger partial charge is 0.0366 e. The van der Waals surface area contributed by atoms with Crippen molar-refractivity contribution >= 4 is 18.1 Å². The maximum absolute atomic E-state index is 5.93. The monoisotopic (exact) mass is 240 g/mol. The second-order valence-electron chi connectivity index (χ2n) is 4.52. The van der Waals surface area contributed by atoms with Crippen LogP contribution in [0.5, 0.6) is 0 Å². The molecule has 1 saturated heterocycles. The van der Waals surface area contributed by atoms with Crippen LogP contribution in [0.3, 0.4) is 0 Å². The largest absolute Gasteiger partial charge is 0.372 e. The van der Waals surface area contributed by atoms with Gasteiger partial charge in [0, 0.05) is 24.8 Å². The zero-order chi connectivity index (χ0) is 10.7. The van der Waals surface area contributed by atoms with Gasteiger partial charge in [0.1, 0.15) is 0 Å². The lowest BCUT2D eigenvalue weighted by Gasteiger charge is -2.35. The highest BCUT2D eigenvalue weighted by Gasteiger charge is 2.21. The van der Waals surface area contributed by atoms with Crippen LogP contribution in [0, 0.1) is 5.92 Å². The van der Waals surface area contributed by atoms with Crippen LogP contribution in [0.2, 0.25) is 0 Å². The molecular formula is C13H21ClN2. The van der Waals surface area contributed by atoms with Crippen molar-refractivity contribution in [3.8, 4) is 0 Å². The van der Waals surface area contributed by atoms with Gasteiger partial charge in [-0.3, -0.25) is 0 Å². The first-order valence-corrected chi connectivity index (χ1v) is 5.83. The molecule has 1 heterocycles. The molecule has 0 aliphatic carbocycles. The van der Waals surface area contributed by atoms with Gasteiger partial charge in [0.15, 0.2) is 0 Å². The fourth-order valence-corrected chi connectivity index (χ4v) is 2.32. The number of benzene rings is 1. The van der Waals surface area contributed by atoms with Crippen molar-refractivity contribution in [2.24, 2.45) is 11.7 Å². The standard InChI is InChI=1S/C13H20N2.ClH/c1-11(14)12-7-9-15(10-8-12)13-5-3-2-4-6-13;/h2-6,11-12H,7-10,14H2,1H3;1H. The summed E-state index contributed by atoms with van der Waals surface area (Å²) in [6.07, 6.45) is 2.46. The molecule has 90 valence electrons. The van der Waals surface area contributed by atoms with Crippen molar-refractivity contribution in [2.75, 3.05) is 18.0 Å². The minimum Gasteiger partial charge on any atom is -0.372 e. The van der Waals surface area contributed by atoms with Crippen LogP contribution < -0.4 is 10.6 Å². The molecule has 0 saturated carbocycles. The molecule has 0 radical (unpaired) electrons. The summed E-state index contributed by atoms with van der Waals surface area (Å²) in [7, 11) is 0. The van der Waals surface area contributed by atoms with Gasteiger partial charge in [-0.2, -0.15) is 0 Å². The molecule has 1 aromatic carbocycles. The van der Waals surface area contributed by atoms with Crippen molar-refractivity contribution in [3.63, 3.8) is 0 Å². The topological polar surface area (TPSA) is 29.3 Å². The lowest BCUT2D eigenvalue weighted by molar-refractivity contribution is 0.354. The van der Waals surface area contributed by atoms with Crippen LogP contribution in [0.15, 0.2) is 30.3 Å². The molecule has 1 unspecified atom stereocenters. The SMILES string of the molecule is CC(N)C1CCN(c2ccccc2)CC1.Cl. The van der Waals surface area contributed by atoms with E-state index < -0.39 is 0 Å². The molecular weight excluding hydrogens is 220 g/mol. The molecule has 1 atom stereocenters. The third-order valence-corrected chi connectivity index (χ3v) is 3.40. The molecule has 2 N–H and O–H groups in total. The Morgan fingerprint density at radius 2 is 1.75 bits per heavy atom. The van der Waals surface area contributed by atoms with Gasteiger partial charge in [-0.15, -0.1) is 12.4 Å². The van der Waals surface area contributed by atoms with E-state index in [1.165, 1.54) is 18.5 Å². The zero-order valence-electron chi connectivity index (χ0n) is 9.80. The Bertz CT molecular complexity index is 292. The van der Waals surface area contributed by atoms with Crippen LogP contribution in [0.4, 0.5) is 5.69 Å². The fourth-order valence-electron chi connectivity index (χ4n) is 2.32. The molecule has 0 aromatic heterocycles. The lowest BCUT2D eigenvalue weighted by Crippen LogP contribution is -2.39. The molecule has 2 nitrogen and oxygen atoms in total. The Morgan fingerprint density at radius 3 is 2.25 bits per heavy atom. The Morgan fingerprint density at radius 1 is 1.19 bits per heavy atom. The van der Waals surface area contributed by atoms with E-state index in [1.54, 1.807) is 0 Å². The second kappa shape index (κ2) is 6.12. The summed E-state index contributed by atoms with van der Waals surface area (Å²) >= 11 is 0. The Hall–Kier alpha value is -0.730. The van der Waals surface area contributed by atoms with E-state index in [2.05, 4.69) is 42.2 Å². The third-order valence-electron chi connectivity index (χ3n) is 3.40. The minimum atomic E-state index is 0. The van der Waals surface area contributed by atoms with Gasteiger partial charge in [-0.05, 0) is 37.8 Å². The van der Waals surface area contributed by atoms with E-state index in [9.17, 15) is 0 Å². The van der Waals surface area contributed by atoms with Crippen LogP contribution in [-0.4, -0.2) is 19.1 Å². The Balaban J connectivity index is 0.00000128. The average molecular weight is 241 g/mol. The highest BCUT2D eigenvalue weighted by Crippen LogP contribution is 2.24. The van der Waals surface area contributed by atoms with Crippen molar-refractivity contribution in [1.82, 2.24) is 0 Å². The highest BCUT2D eigenvalue weighted by atomic mass is 35.5. The summed E-state index contributed by atoms with van der Waals surface area (Å²) < 4.78 is 0. The van der Waals surface area contributed by atoms with Crippen LogP contribution in [-0.2, 0) is 0 Å². The summed E-state index contributed by atoms with van der Waals surface area (Å²) in [6.45, 7) is 4.43. The first kappa shape index (κ1) is 13.3. The molecule has 0 amide bonds. The second-order valence-corrected chi connectivity index (χ2v) is 4.52. The number of hydrogen-bond donors (Lipinski definition) is 1. The van der Waals surface area contributed by atoms with Crippen molar-refractivity contribution in [1.29, 1.82) is 0 Å². The van der Waals surface area contributed by atoms with Gasteiger partial charge >= 0.3 is 0 Å². The molecule has 3 heteroatoms. The number of piperidine rings is 1. The quantitative estimate of drug-likeness (QED) is 0.861. The van der Waals surface area contributed by atoms with Crippen LogP contribution in [0.25, 0.3) is 0 Å². The third kappa shape index (κ3) is 3.13. The van der Waals surface area contributed by atoms with E-state index in [-0.39, 0.29) is 12.4 Å². The van der Waals surface area contributed by atoms with Crippen LogP contribution >= 0.6 is 12.4 Å². The van der Waals surface area contributed by atoms with Crippen molar-refractivity contribution in [2.45, 2.75) is 25.8 Å². The molecule has 0 bridgehead atoms. The minimum absolute atomic E-state index is 0. The summed E-state index contributed by atoms with van der Waals surface area (Å²) in [5.74, 6) is 0.713. The number of halogens is 1. The zero-order valence-corrected chi connectivity index (χ0v) is 10.6. The number of para-hydroxylation sites is 1. The van der Waals surface area contributed by atoms with Gasteiger partial charge in [-0.25, -0.2) is 0 Å². The average Bonchev–Trinajstić information content (AvgIpc) is 2.30. The Labute approximate surface area is 104 Å². The molecule has 2 rings (SSSR count). The first-order chi connectivity index (χ1) is 7.27. The van der Waals surface area contributed by atoms with Crippen molar-refractivity contribution < 1.29 is 0 Å². The van der Waals surface area contributed by atoms with E-state index in [0.717, 1.165) is 13.1 Å². The van der Waals surface area contributed by atoms with Gasteiger partial charge in [0.05, 0.1) is 0 Å². The number of rotatable bonds is 2. The lowest BCUT2D eigenvalue weighted by atomic mass is 9.91. The van der Waals surface area contributed by atoms with Gasteiger partial charge in [0.2, 0.25) is 0 Å². The highest BCUT2D eigenvalue weighted by molar-refractivity contribution is 5.85. The summed E-state index contributed by atoms with van der Waals surface area (Å²) in [5.41, 5.74) is 7.28. The first-order valence-electron chi connectivity index (χ1n) is 5.83. The van der Waals surface area contributed by atoms with E-state index in [0.29, 0.717) is 12.0 Å². The normalized spacial score (nSPS) is 19.0. The number of nitrogens with two attached hydrogens (primary N) is 1. The fraction of sp³-hybridized carbons (Fsp3) is 0.538. The molecule has 0 spiro atoms. The van der Waals surface area contributed by atoms with Crippen molar-refractivity contribution in [3.05, 3.63) is 30.3 Å². The summed E-state index contributed by atoms with van der Waals surface area (Å²) in [5, 5.41) is 0. The summed E-state index contributed by atoms with van der Waals surface area (Å²) in [6, 6.07) is 11.0. The van der Waals surface area contributed by atoms with E-state index >= 15 is 0 Å². The van der Waals surface area contributed by atoms with Gasteiger partial charge < -0.3 is 10.6 Å². The number of hydrogen-bond acceptors (Lipinski definition) is 2. The number of nitrogens with zero attached hydrogens (tertiary/aromatic N) is 1. The van der Waals surface area contributed by atoms with E-state index in [1.807, 2.05) is 0 Å². The molecule has 1 fully saturated rings. The maximum atomic E-state index is 5.93. The summed E-state index contributed by atoms with van der Waals surface area (Å²) in [4.78, 5) is 2.46. The van der Waals surface area contributed by atoms with E-state index in [4.69, 9.17) is 5.73 Å². The maximum Gasteiger partial charge on any atom is 0.0366 e. The Kier molecular flexibility index (Phi) is 5.10. The number of anilines is 1. The predicted octanol–water partition coefficient (Wildman–Crippen LogP) is 2.67. The molecule has 1 aliphatic rings. The predicted molar refractivity (Wildman–Crippen MR) is 72.3 cm³/mol. The molecule has 1 aromatic rings. The molecule has 1 aliphatic heterocycles.